The monoisotopic (exact) mass is 503 g/mol. The molecule has 5 rings (SSSR count). The fourth-order valence-corrected chi connectivity index (χ4v) is 5.27. The maximum atomic E-state index is 13.2. The van der Waals surface area contributed by atoms with Gasteiger partial charge in [0, 0.05) is 36.0 Å². The first-order valence-corrected chi connectivity index (χ1v) is 13.1. The van der Waals surface area contributed by atoms with E-state index in [4.69, 9.17) is 0 Å². The number of rotatable bonds is 8. The minimum absolute atomic E-state index is 0.0819. The fourth-order valence-electron chi connectivity index (χ4n) is 4.56. The second-order valence-electron chi connectivity index (χ2n) is 9.94. The smallest absolute Gasteiger partial charge is 0.255 e. The number of nitriles is 1. The first-order valence-electron chi connectivity index (χ1n) is 12.3. The molecule has 36 heavy (non-hydrogen) atoms. The Bertz CT molecular complexity index is 1340. The molecule has 3 aromatic rings. The van der Waals surface area contributed by atoms with Crippen molar-refractivity contribution in [2.75, 3.05) is 10.6 Å². The predicted molar refractivity (Wildman–Crippen MR) is 140 cm³/mol. The van der Waals surface area contributed by atoms with E-state index < -0.39 is 5.54 Å². The third kappa shape index (κ3) is 5.26. The van der Waals surface area contributed by atoms with Crippen LogP contribution in [-0.4, -0.2) is 39.4 Å². The second-order valence-corrected chi connectivity index (χ2v) is 10.8. The highest BCUT2D eigenvalue weighted by Gasteiger charge is 2.46. The van der Waals surface area contributed by atoms with E-state index in [0.717, 1.165) is 22.3 Å². The first kappa shape index (κ1) is 24.0. The van der Waals surface area contributed by atoms with E-state index >= 15 is 0 Å². The molecular weight excluding hydrogens is 474 g/mol. The van der Waals surface area contributed by atoms with Crippen LogP contribution in [0.3, 0.4) is 0 Å². The lowest BCUT2D eigenvalue weighted by atomic mass is 10.1. The van der Waals surface area contributed by atoms with Gasteiger partial charge in [0.1, 0.15) is 11.4 Å². The van der Waals surface area contributed by atoms with Crippen molar-refractivity contribution in [3.63, 3.8) is 0 Å². The summed E-state index contributed by atoms with van der Waals surface area (Å²) >= 11 is 1.58. The Labute approximate surface area is 213 Å². The van der Waals surface area contributed by atoms with Gasteiger partial charge in [-0.1, -0.05) is 0 Å². The van der Waals surface area contributed by atoms with Gasteiger partial charge in [-0.25, -0.2) is 9.97 Å². The number of nitrogens with one attached hydrogen (secondary N) is 4. The van der Waals surface area contributed by atoms with Crippen molar-refractivity contribution in [2.24, 2.45) is 5.92 Å². The Kier molecular flexibility index (Phi) is 6.49. The number of aromatic nitrogens is 2. The van der Waals surface area contributed by atoms with Crippen molar-refractivity contribution in [3.8, 4) is 6.07 Å². The van der Waals surface area contributed by atoms with Crippen LogP contribution in [0.1, 0.15) is 56.3 Å². The minimum atomic E-state index is -0.663. The largest absolute Gasteiger partial charge is 0.382 e. The second kappa shape index (κ2) is 9.74. The summed E-state index contributed by atoms with van der Waals surface area (Å²) in [7, 11) is 0. The van der Waals surface area contributed by atoms with Crippen LogP contribution < -0.4 is 21.3 Å². The van der Waals surface area contributed by atoms with E-state index in [1.54, 1.807) is 17.5 Å². The molecule has 186 valence electrons. The van der Waals surface area contributed by atoms with Gasteiger partial charge in [0.25, 0.3) is 5.91 Å². The highest BCUT2D eigenvalue weighted by Crippen LogP contribution is 2.36. The third-order valence-electron chi connectivity index (χ3n) is 6.66. The molecule has 2 saturated carbocycles. The molecule has 2 aliphatic carbocycles. The summed E-state index contributed by atoms with van der Waals surface area (Å²) < 4.78 is 1.08. The molecule has 0 radical (unpaired) electrons. The molecule has 2 amide bonds. The van der Waals surface area contributed by atoms with Crippen LogP contribution in [0, 0.1) is 17.2 Å². The zero-order valence-corrected chi connectivity index (χ0v) is 21.1. The number of fused-ring (bicyclic) bond motifs is 1. The maximum Gasteiger partial charge on any atom is 0.255 e. The zero-order valence-electron chi connectivity index (χ0n) is 20.3. The number of amides is 2. The van der Waals surface area contributed by atoms with Crippen molar-refractivity contribution in [1.29, 1.82) is 5.26 Å². The predicted octanol–water partition coefficient (Wildman–Crippen LogP) is 4.33. The van der Waals surface area contributed by atoms with Crippen LogP contribution in [0.15, 0.2) is 36.0 Å². The number of nitrogens with zero attached hydrogens (tertiary/aromatic N) is 3. The summed E-state index contributed by atoms with van der Waals surface area (Å²) in [6.45, 7) is 4.03. The van der Waals surface area contributed by atoms with Gasteiger partial charge < -0.3 is 21.3 Å². The van der Waals surface area contributed by atoms with Gasteiger partial charge in [0.15, 0.2) is 0 Å². The molecule has 2 aliphatic rings. The van der Waals surface area contributed by atoms with E-state index in [1.807, 2.05) is 43.6 Å². The van der Waals surface area contributed by atoms with Crippen molar-refractivity contribution >= 4 is 50.6 Å². The Morgan fingerprint density at radius 3 is 2.78 bits per heavy atom. The Hall–Kier alpha value is -3.71. The quantitative estimate of drug-likeness (QED) is 0.360. The Morgan fingerprint density at radius 2 is 2.03 bits per heavy atom. The standard InChI is InChI=1S/C26H29N7O2S/c1-15(2)30-21-11-23(31-18-5-6-20-22(10-18)36-14-29-20)28-12-19(21)25(35)32-17-4-3-16(9-17)24(34)33-26(13-27)7-8-26/h5-6,10-12,14-17H,3-4,7-9H2,1-2H3,(H,32,35)(H,33,34)(H2,28,30,31). The topological polar surface area (TPSA) is 132 Å². The normalized spacial score (nSPS) is 20.1. The van der Waals surface area contributed by atoms with Crippen LogP contribution in [0.25, 0.3) is 10.2 Å². The molecule has 2 heterocycles. The molecular formula is C26H29N7O2S. The Morgan fingerprint density at radius 1 is 1.19 bits per heavy atom. The lowest BCUT2D eigenvalue weighted by Gasteiger charge is -2.18. The molecule has 1 aromatic carbocycles. The van der Waals surface area contributed by atoms with Crippen molar-refractivity contribution in [3.05, 3.63) is 41.5 Å². The highest BCUT2D eigenvalue weighted by atomic mass is 32.1. The van der Waals surface area contributed by atoms with Gasteiger partial charge in [0.05, 0.1) is 33.0 Å². The van der Waals surface area contributed by atoms with Crippen LogP contribution in [0.2, 0.25) is 0 Å². The van der Waals surface area contributed by atoms with Gasteiger partial charge in [-0.3, -0.25) is 9.59 Å². The number of hydrogen-bond acceptors (Lipinski definition) is 8. The van der Waals surface area contributed by atoms with E-state index in [1.165, 1.54) is 0 Å². The van der Waals surface area contributed by atoms with E-state index in [-0.39, 0.29) is 29.8 Å². The summed E-state index contributed by atoms with van der Waals surface area (Å²) in [6, 6.07) is 10.0. The average Bonchev–Trinajstić information content (AvgIpc) is 3.23. The highest BCUT2D eigenvalue weighted by molar-refractivity contribution is 7.16. The summed E-state index contributed by atoms with van der Waals surface area (Å²) in [6.07, 6.45) is 5.00. The number of anilines is 3. The van der Waals surface area contributed by atoms with Gasteiger partial charge in [0.2, 0.25) is 5.91 Å². The molecule has 2 aromatic heterocycles. The lowest BCUT2D eigenvalue weighted by Crippen LogP contribution is -2.40. The molecule has 0 aliphatic heterocycles. The van der Waals surface area contributed by atoms with E-state index in [9.17, 15) is 14.9 Å². The molecule has 2 unspecified atom stereocenters. The van der Waals surface area contributed by atoms with Crippen LogP contribution >= 0.6 is 11.3 Å². The lowest BCUT2D eigenvalue weighted by molar-refractivity contribution is -0.125. The summed E-state index contributed by atoms with van der Waals surface area (Å²) in [5.41, 5.74) is 4.16. The van der Waals surface area contributed by atoms with Gasteiger partial charge in [-0.2, -0.15) is 5.26 Å². The molecule has 0 spiro atoms. The van der Waals surface area contributed by atoms with Crippen molar-refractivity contribution in [2.45, 2.75) is 63.6 Å². The molecule has 0 bridgehead atoms. The van der Waals surface area contributed by atoms with Crippen LogP contribution in [0.5, 0.6) is 0 Å². The zero-order chi connectivity index (χ0) is 25.3. The van der Waals surface area contributed by atoms with Gasteiger partial charge in [-0.05, 0) is 64.2 Å². The molecule has 10 heteroatoms. The first-order chi connectivity index (χ1) is 17.3. The third-order valence-corrected chi connectivity index (χ3v) is 7.45. The minimum Gasteiger partial charge on any atom is -0.382 e. The molecule has 0 saturated heterocycles. The van der Waals surface area contributed by atoms with Crippen LogP contribution in [0.4, 0.5) is 17.2 Å². The van der Waals surface area contributed by atoms with Crippen molar-refractivity contribution < 1.29 is 9.59 Å². The van der Waals surface area contributed by atoms with Gasteiger partial charge in [-0.15, -0.1) is 11.3 Å². The molecule has 4 N–H and O–H groups in total. The van der Waals surface area contributed by atoms with Crippen molar-refractivity contribution in [1.82, 2.24) is 20.6 Å². The molecule has 9 nitrogen and oxygen atoms in total. The van der Waals surface area contributed by atoms with Crippen LogP contribution in [-0.2, 0) is 4.79 Å². The van der Waals surface area contributed by atoms with E-state index in [2.05, 4.69) is 37.3 Å². The average molecular weight is 504 g/mol. The van der Waals surface area contributed by atoms with Gasteiger partial charge >= 0.3 is 0 Å². The number of benzene rings is 1. The summed E-state index contributed by atoms with van der Waals surface area (Å²) in [4.78, 5) is 34.6. The summed E-state index contributed by atoms with van der Waals surface area (Å²) in [5.74, 6) is 0.143. The number of pyridine rings is 1. The Balaban J connectivity index is 1.25. The summed E-state index contributed by atoms with van der Waals surface area (Å²) in [5, 5.41) is 21.9. The number of thiazole rings is 1. The maximum absolute atomic E-state index is 13.2. The number of carbonyl (C=O) groups is 2. The molecule has 2 atom stereocenters. The fraction of sp³-hybridized carbons (Fsp3) is 0.423. The SMILES string of the molecule is CC(C)Nc1cc(Nc2ccc3ncsc3c2)ncc1C(=O)NC1CCC(C(=O)NC2(C#N)CC2)C1. The molecule has 2 fully saturated rings. The number of hydrogen-bond donors (Lipinski definition) is 4. The van der Waals surface area contributed by atoms with E-state index in [0.29, 0.717) is 42.8 Å². The number of carbonyl (C=O) groups excluding carboxylic acids is 2.